The number of ether oxygens (including phenoxy) is 1. The van der Waals surface area contributed by atoms with Gasteiger partial charge in [0.25, 0.3) is 5.91 Å². The Morgan fingerprint density at radius 2 is 1.85 bits per heavy atom. The summed E-state index contributed by atoms with van der Waals surface area (Å²) < 4.78 is 47.5. The third-order valence-electron chi connectivity index (χ3n) is 5.39. The number of aryl methyl sites for hydroxylation is 1. The monoisotopic (exact) mass is 480 g/mol. The summed E-state index contributed by atoms with van der Waals surface area (Å²) in [7, 11) is 0. The summed E-state index contributed by atoms with van der Waals surface area (Å²) in [6.45, 7) is 2.45. The van der Waals surface area contributed by atoms with E-state index in [1.165, 1.54) is 23.1 Å². The van der Waals surface area contributed by atoms with Crippen LogP contribution < -0.4 is 5.32 Å². The number of halogens is 4. The summed E-state index contributed by atoms with van der Waals surface area (Å²) >= 11 is 6.17. The van der Waals surface area contributed by atoms with Gasteiger partial charge in [-0.1, -0.05) is 29.8 Å². The number of amides is 2. The van der Waals surface area contributed by atoms with Crippen LogP contribution in [-0.2, 0) is 22.3 Å². The van der Waals surface area contributed by atoms with Crippen molar-refractivity contribution in [1.29, 1.82) is 0 Å². The Kier molecular flexibility index (Phi) is 6.31. The lowest BCUT2D eigenvalue weighted by molar-refractivity contribution is -0.148. The fraction of sp³-hybridized carbons (Fsp3) is 0.318. The first-order valence-electron chi connectivity index (χ1n) is 10.1. The average Bonchev–Trinajstić information content (AvgIpc) is 3.16. The quantitative estimate of drug-likeness (QED) is 0.609. The zero-order chi connectivity index (χ0) is 23.8. The first-order chi connectivity index (χ1) is 15.7. The number of rotatable bonds is 4. The highest BCUT2D eigenvalue weighted by atomic mass is 35.5. The average molecular weight is 481 g/mol. The highest BCUT2D eigenvalue weighted by Crippen LogP contribution is 2.33. The molecule has 3 aromatic rings. The van der Waals surface area contributed by atoms with Crippen molar-refractivity contribution in [2.45, 2.75) is 19.6 Å². The highest BCUT2D eigenvalue weighted by molar-refractivity contribution is 6.34. The Balaban J connectivity index is 1.74. The minimum absolute atomic E-state index is 0.0347. The van der Waals surface area contributed by atoms with Crippen LogP contribution in [0.5, 0.6) is 0 Å². The van der Waals surface area contributed by atoms with Crippen LogP contribution in [0.3, 0.4) is 0 Å². The Morgan fingerprint density at radius 3 is 2.52 bits per heavy atom. The zero-order valence-corrected chi connectivity index (χ0v) is 18.3. The Bertz CT molecular complexity index is 1200. The molecule has 0 spiro atoms. The Labute approximate surface area is 192 Å². The summed E-state index contributed by atoms with van der Waals surface area (Å²) in [5.74, 6) is -2.38. The standard InChI is InChI=1S/C22H20ClF3N4O3/c1-13-4-2-6-15(23)18(13)27-20(32)14-5-3-7-16-19(14)28-21(22(24,25)26)30(16)12-17(31)29-8-10-33-11-9-29/h2-7H,8-12H2,1H3,(H,27,32). The number of hydrogen-bond acceptors (Lipinski definition) is 4. The molecule has 2 heterocycles. The first kappa shape index (κ1) is 23.1. The van der Waals surface area contributed by atoms with Crippen molar-refractivity contribution in [2.75, 3.05) is 31.6 Å². The van der Waals surface area contributed by atoms with E-state index >= 15 is 0 Å². The molecule has 1 N–H and O–H groups in total. The van der Waals surface area contributed by atoms with Crippen molar-refractivity contribution >= 4 is 40.1 Å². The van der Waals surface area contributed by atoms with E-state index in [-0.39, 0.29) is 16.6 Å². The minimum atomic E-state index is -4.82. The van der Waals surface area contributed by atoms with E-state index < -0.39 is 30.4 Å². The topological polar surface area (TPSA) is 76.5 Å². The molecule has 1 fully saturated rings. The van der Waals surface area contributed by atoms with Crippen LogP contribution in [0.2, 0.25) is 5.02 Å². The predicted molar refractivity (Wildman–Crippen MR) is 116 cm³/mol. The molecular formula is C22H20ClF3N4O3. The lowest BCUT2D eigenvalue weighted by Crippen LogP contribution is -2.42. The number of morpholine rings is 1. The molecule has 2 amide bonds. The summed E-state index contributed by atoms with van der Waals surface area (Å²) in [4.78, 5) is 30.9. The summed E-state index contributed by atoms with van der Waals surface area (Å²) in [6, 6.07) is 9.30. The van der Waals surface area contributed by atoms with E-state index in [9.17, 15) is 22.8 Å². The lowest BCUT2D eigenvalue weighted by Gasteiger charge is -2.27. The van der Waals surface area contributed by atoms with Gasteiger partial charge in [0, 0.05) is 13.1 Å². The van der Waals surface area contributed by atoms with Gasteiger partial charge in [-0.25, -0.2) is 4.98 Å². The molecule has 0 bridgehead atoms. The molecule has 0 radical (unpaired) electrons. The molecule has 1 saturated heterocycles. The van der Waals surface area contributed by atoms with Gasteiger partial charge in [0.2, 0.25) is 11.7 Å². The molecule has 33 heavy (non-hydrogen) atoms. The van der Waals surface area contributed by atoms with Gasteiger partial charge in [-0.15, -0.1) is 0 Å². The van der Waals surface area contributed by atoms with E-state index in [4.69, 9.17) is 16.3 Å². The fourth-order valence-corrected chi connectivity index (χ4v) is 3.99. The Morgan fingerprint density at radius 1 is 1.15 bits per heavy atom. The SMILES string of the molecule is Cc1cccc(Cl)c1NC(=O)c1cccc2c1nc(C(F)(F)F)n2CC(=O)N1CCOCC1. The number of fused-ring (bicyclic) bond motifs is 1. The van der Waals surface area contributed by atoms with Crippen molar-refractivity contribution in [3.05, 3.63) is 58.4 Å². The van der Waals surface area contributed by atoms with Gasteiger partial charge in [0.1, 0.15) is 12.1 Å². The second-order valence-corrected chi connectivity index (χ2v) is 7.98. The van der Waals surface area contributed by atoms with E-state index in [0.717, 1.165) is 4.57 Å². The molecule has 1 aliphatic heterocycles. The number of hydrogen-bond donors (Lipinski definition) is 1. The number of benzene rings is 2. The third-order valence-corrected chi connectivity index (χ3v) is 5.71. The molecule has 0 aliphatic carbocycles. The van der Waals surface area contributed by atoms with Crippen LogP contribution in [0.25, 0.3) is 11.0 Å². The van der Waals surface area contributed by atoms with Crippen LogP contribution in [0.1, 0.15) is 21.7 Å². The smallest absolute Gasteiger partial charge is 0.378 e. The molecule has 4 rings (SSSR count). The highest BCUT2D eigenvalue weighted by Gasteiger charge is 2.39. The summed E-state index contributed by atoms with van der Waals surface area (Å²) in [5.41, 5.74) is 0.879. The minimum Gasteiger partial charge on any atom is -0.378 e. The van der Waals surface area contributed by atoms with E-state index in [0.29, 0.717) is 42.6 Å². The number of carbonyl (C=O) groups is 2. The maximum atomic E-state index is 13.8. The van der Waals surface area contributed by atoms with Gasteiger partial charge < -0.3 is 19.5 Å². The number of para-hydroxylation sites is 2. The molecule has 1 aromatic heterocycles. The lowest BCUT2D eigenvalue weighted by atomic mass is 10.1. The van der Waals surface area contributed by atoms with Crippen molar-refractivity contribution < 1.29 is 27.5 Å². The number of nitrogens with one attached hydrogen (secondary N) is 1. The van der Waals surface area contributed by atoms with E-state index in [2.05, 4.69) is 10.3 Å². The maximum absolute atomic E-state index is 13.8. The number of aromatic nitrogens is 2. The van der Waals surface area contributed by atoms with Crippen molar-refractivity contribution in [2.24, 2.45) is 0 Å². The molecule has 2 aromatic carbocycles. The van der Waals surface area contributed by atoms with Gasteiger partial charge >= 0.3 is 6.18 Å². The van der Waals surface area contributed by atoms with Crippen LogP contribution >= 0.6 is 11.6 Å². The molecule has 0 unspecified atom stereocenters. The molecule has 11 heteroatoms. The molecular weight excluding hydrogens is 461 g/mol. The van der Waals surface area contributed by atoms with Gasteiger partial charge in [0.15, 0.2) is 0 Å². The van der Waals surface area contributed by atoms with E-state index in [1.807, 2.05) is 0 Å². The van der Waals surface area contributed by atoms with Gasteiger partial charge in [-0.3, -0.25) is 9.59 Å². The predicted octanol–water partition coefficient (Wildman–Crippen LogP) is 4.13. The van der Waals surface area contributed by atoms with E-state index in [1.54, 1.807) is 25.1 Å². The second-order valence-electron chi connectivity index (χ2n) is 7.57. The molecule has 0 atom stereocenters. The molecule has 7 nitrogen and oxygen atoms in total. The number of imidazole rings is 1. The fourth-order valence-electron chi connectivity index (χ4n) is 3.73. The van der Waals surface area contributed by atoms with Crippen molar-refractivity contribution in [3.8, 4) is 0 Å². The van der Waals surface area contributed by atoms with Crippen molar-refractivity contribution in [3.63, 3.8) is 0 Å². The zero-order valence-electron chi connectivity index (χ0n) is 17.6. The van der Waals surface area contributed by atoms with Crippen LogP contribution in [0.15, 0.2) is 36.4 Å². The van der Waals surface area contributed by atoms with Crippen LogP contribution in [-0.4, -0.2) is 52.6 Å². The molecule has 1 aliphatic rings. The molecule has 0 saturated carbocycles. The van der Waals surface area contributed by atoms with Crippen molar-refractivity contribution in [1.82, 2.24) is 14.5 Å². The summed E-state index contributed by atoms with van der Waals surface area (Å²) in [5, 5.41) is 2.96. The van der Waals surface area contributed by atoms with Gasteiger partial charge in [-0.05, 0) is 30.7 Å². The second kappa shape index (κ2) is 9.03. The molecule has 174 valence electrons. The number of alkyl halides is 3. The van der Waals surface area contributed by atoms with Crippen LogP contribution in [0, 0.1) is 6.92 Å². The van der Waals surface area contributed by atoms with Gasteiger partial charge in [-0.2, -0.15) is 13.2 Å². The first-order valence-corrected chi connectivity index (χ1v) is 10.5. The summed E-state index contributed by atoms with van der Waals surface area (Å²) in [6.07, 6.45) is -4.82. The van der Waals surface area contributed by atoms with Gasteiger partial charge in [0.05, 0.1) is 35.0 Å². The number of nitrogens with zero attached hydrogens (tertiary/aromatic N) is 3. The van der Waals surface area contributed by atoms with Crippen LogP contribution in [0.4, 0.5) is 18.9 Å². The largest absolute Gasteiger partial charge is 0.449 e. The normalized spacial score (nSPS) is 14.5. The number of anilines is 1. The maximum Gasteiger partial charge on any atom is 0.449 e. The number of carbonyl (C=O) groups excluding carboxylic acids is 2. The third kappa shape index (κ3) is 4.67. The Hall–Kier alpha value is -3.11.